The molecule has 132 valence electrons. The molecule has 0 aliphatic heterocycles. The molecule has 6 nitrogen and oxygen atoms in total. The fourth-order valence-electron chi connectivity index (χ4n) is 2.88. The lowest BCUT2D eigenvalue weighted by Crippen LogP contribution is -2.45. The molecular formula is C18H28N4O2. The van der Waals surface area contributed by atoms with Crippen molar-refractivity contribution < 1.29 is 9.59 Å². The van der Waals surface area contributed by atoms with Gasteiger partial charge in [0, 0.05) is 30.7 Å². The van der Waals surface area contributed by atoms with Crippen LogP contribution >= 0.6 is 0 Å². The summed E-state index contributed by atoms with van der Waals surface area (Å²) < 4.78 is 0. The number of nitrogens with one attached hydrogen (secondary N) is 3. The van der Waals surface area contributed by atoms with Gasteiger partial charge in [0.1, 0.15) is 0 Å². The number of carbonyl (C=O) groups excluding carboxylic acids is 2. The molecule has 1 aromatic rings. The Balaban J connectivity index is 1.64. The van der Waals surface area contributed by atoms with Crippen molar-refractivity contribution in [3.05, 3.63) is 35.4 Å². The van der Waals surface area contributed by atoms with Gasteiger partial charge in [0.25, 0.3) is 5.91 Å². The lowest BCUT2D eigenvalue weighted by molar-refractivity contribution is 0.0953. The summed E-state index contributed by atoms with van der Waals surface area (Å²) in [4.78, 5) is 23.8. The van der Waals surface area contributed by atoms with Gasteiger partial charge in [-0.1, -0.05) is 31.4 Å². The minimum absolute atomic E-state index is 0.0472. The van der Waals surface area contributed by atoms with Crippen LogP contribution in [0.4, 0.5) is 4.79 Å². The fourth-order valence-corrected chi connectivity index (χ4v) is 2.88. The molecule has 0 radical (unpaired) electrons. The van der Waals surface area contributed by atoms with E-state index >= 15 is 0 Å². The Hall–Kier alpha value is -2.08. The van der Waals surface area contributed by atoms with Crippen molar-refractivity contribution in [3.8, 4) is 0 Å². The van der Waals surface area contributed by atoms with Gasteiger partial charge in [0.2, 0.25) is 0 Å². The summed E-state index contributed by atoms with van der Waals surface area (Å²) in [5.74, 6) is -0.152. The number of hydrogen-bond donors (Lipinski definition) is 4. The predicted molar refractivity (Wildman–Crippen MR) is 94.8 cm³/mol. The molecule has 3 amide bonds. The zero-order valence-corrected chi connectivity index (χ0v) is 14.3. The van der Waals surface area contributed by atoms with E-state index in [1.165, 1.54) is 19.3 Å². The van der Waals surface area contributed by atoms with E-state index in [0.29, 0.717) is 18.7 Å². The van der Waals surface area contributed by atoms with Gasteiger partial charge in [-0.25, -0.2) is 4.79 Å². The van der Waals surface area contributed by atoms with E-state index in [9.17, 15) is 9.59 Å². The highest BCUT2D eigenvalue weighted by Crippen LogP contribution is 2.17. The quantitative estimate of drug-likeness (QED) is 0.600. The van der Waals surface area contributed by atoms with Crippen LogP contribution in [0.2, 0.25) is 0 Å². The van der Waals surface area contributed by atoms with Gasteiger partial charge in [-0.05, 0) is 37.5 Å². The fraction of sp³-hybridized carbons (Fsp3) is 0.556. The zero-order valence-electron chi connectivity index (χ0n) is 14.3. The van der Waals surface area contributed by atoms with Crippen molar-refractivity contribution in [3.63, 3.8) is 0 Å². The summed E-state index contributed by atoms with van der Waals surface area (Å²) >= 11 is 0. The maximum Gasteiger partial charge on any atom is 0.315 e. The first-order valence-corrected chi connectivity index (χ1v) is 8.74. The largest absolute Gasteiger partial charge is 0.350 e. The highest BCUT2D eigenvalue weighted by molar-refractivity contribution is 5.94. The van der Waals surface area contributed by atoms with Gasteiger partial charge in [-0.15, -0.1) is 0 Å². The van der Waals surface area contributed by atoms with Crippen LogP contribution in [0.3, 0.4) is 0 Å². The van der Waals surface area contributed by atoms with Crippen LogP contribution in [0.15, 0.2) is 24.3 Å². The van der Waals surface area contributed by atoms with Crippen LogP contribution in [-0.4, -0.2) is 31.1 Å². The topological polar surface area (TPSA) is 96.2 Å². The highest BCUT2D eigenvalue weighted by Gasteiger charge is 2.15. The Kier molecular flexibility index (Phi) is 7.06. The predicted octanol–water partition coefficient (Wildman–Crippen LogP) is 2.07. The lowest BCUT2D eigenvalue weighted by Gasteiger charge is -2.22. The van der Waals surface area contributed by atoms with Crippen molar-refractivity contribution in [1.82, 2.24) is 16.0 Å². The molecule has 24 heavy (non-hydrogen) atoms. The van der Waals surface area contributed by atoms with Gasteiger partial charge in [0.15, 0.2) is 0 Å². The SMILES string of the molecule is CC(N)c1ccc(C(=O)NCCNC(=O)NC2CCCCC2)cc1. The molecule has 1 atom stereocenters. The number of nitrogens with two attached hydrogens (primary N) is 1. The number of hydrogen-bond acceptors (Lipinski definition) is 3. The molecule has 0 saturated heterocycles. The second-order valence-corrected chi connectivity index (χ2v) is 6.40. The molecule has 1 fully saturated rings. The smallest absolute Gasteiger partial charge is 0.315 e. The molecule has 1 aliphatic carbocycles. The van der Waals surface area contributed by atoms with E-state index in [1.807, 2.05) is 19.1 Å². The average molecular weight is 332 g/mol. The third-order valence-corrected chi connectivity index (χ3v) is 4.34. The Morgan fingerprint density at radius 1 is 1.08 bits per heavy atom. The normalized spacial score (nSPS) is 16.2. The van der Waals surface area contributed by atoms with Crippen LogP contribution in [-0.2, 0) is 0 Å². The Morgan fingerprint density at radius 2 is 1.71 bits per heavy atom. The standard InChI is InChI=1S/C18H28N4O2/c1-13(19)14-7-9-15(10-8-14)17(23)20-11-12-21-18(24)22-16-5-3-2-4-6-16/h7-10,13,16H,2-6,11-12,19H2,1H3,(H,20,23)(H2,21,22,24). The molecule has 6 heteroatoms. The zero-order chi connectivity index (χ0) is 17.4. The molecule has 5 N–H and O–H groups in total. The molecule has 0 aromatic heterocycles. The average Bonchev–Trinajstić information content (AvgIpc) is 2.59. The minimum Gasteiger partial charge on any atom is -0.350 e. The summed E-state index contributed by atoms with van der Waals surface area (Å²) in [6.45, 7) is 2.70. The molecule has 0 bridgehead atoms. The molecular weight excluding hydrogens is 304 g/mol. The number of urea groups is 1. The van der Waals surface area contributed by atoms with Gasteiger partial charge in [-0.3, -0.25) is 4.79 Å². The molecule has 0 spiro atoms. The summed E-state index contributed by atoms with van der Waals surface area (Å²) in [7, 11) is 0. The Labute approximate surface area is 143 Å². The number of amides is 3. The number of benzene rings is 1. The molecule has 2 rings (SSSR count). The summed E-state index contributed by atoms with van der Waals surface area (Å²) in [5.41, 5.74) is 7.37. The van der Waals surface area contributed by atoms with Crippen LogP contribution in [0.5, 0.6) is 0 Å². The van der Waals surface area contributed by atoms with E-state index < -0.39 is 0 Å². The molecule has 0 heterocycles. The van der Waals surface area contributed by atoms with Crippen molar-refractivity contribution >= 4 is 11.9 Å². The summed E-state index contributed by atoms with van der Waals surface area (Å²) in [6, 6.07) is 7.32. The van der Waals surface area contributed by atoms with Gasteiger partial charge in [-0.2, -0.15) is 0 Å². The van der Waals surface area contributed by atoms with Gasteiger partial charge < -0.3 is 21.7 Å². The van der Waals surface area contributed by atoms with Crippen molar-refractivity contribution in [1.29, 1.82) is 0 Å². The first-order chi connectivity index (χ1) is 11.6. The molecule has 1 aromatic carbocycles. The second kappa shape index (κ2) is 9.27. The number of rotatable bonds is 6. The van der Waals surface area contributed by atoms with Gasteiger partial charge in [0.05, 0.1) is 0 Å². The number of carbonyl (C=O) groups is 2. The highest BCUT2D eigenvalue weighted by atomic mass is 16.2. The van der Waals surface area contributed by atoms with E-state index in [-0.39, 0.29) is 24.0 Å². The van der Waals surface area contributed by atoms with E-state index in [4.69, 9.17) is 5.73 Å². The first kappa shape index (κ1) is 18.3. The van der Waals surface area contributed by atoms with Crippen LogP contribution in [0.25, 0.3) is 0 Å². The van der Waals surface area contributed by atoms with E-state index in [0.717, 1.165) is 18.4 Å². The monoisotopic (exact) mass is 332 g/mol. The molecule has 1 unspecified atom stereocenters. The second-order valence-electron chi connectivity index (χ2n) is 6.40. The maximum absolute atomic E-state index is 12.0. The molecule has 1 saturated carbocycles. The van der Waals surface area contributed by atoms with Crippen LogP contribution in [0, 0.1) is 0 Å². The summed E-state index contributed by atoms with van der Waals surface area (Å²) in [5, 5.41) is 8.55. The van der Waals surface area contributed by atoms with E-state index in [1.54, 1.807) is 12.1 Å². The summed E-state index contributed by atoms with van der Waals surface area (Å²) in [6.07, 6.45) is 5.74. The third kappa shape index (κ3) is 5.85. The maximum atomic E-state index is 12.0. The first-order valence-electron chi connectivity index (χ1n) is 8.74. The Morgan fingerprint density at radius 3 is 2.33 bits per heavy atom. The van der Waals surface area contributed by atoms with Crippen LogP contribution < -0.4 is 21.7 Å². The van der Waals surface area contributed by atoms with Gasteiger partial charge >= 0.3 is 6.03 Å². The third-order valence-electron chi connectivity index (χ3n) is 4.34. The van der Waals surface area contributed by atoms with Crippen LogP contribution in [0.1, 0.15) is 61.0 Å². The minimum atomic E-state index is -0.155. The van der Waals surface area contributed by atoms with Crippen molar-refractivity contribution in [2.75, 3.05) is 13.1 Å². The van der Waals surface area contributed by atoms with E-state index in [2.05, 4.69) is 16.0 Å². The molecule has 1 aliphatic rings. The lowest BCUT2D eigenvalue weighted by atomic mass is 9.96. The van der Waals surface area contributed by atoms with Crippen molar-refractivity contribution in [2.45, 2.75) is 51.1 Å². The van der Waals surface area contributed by atoms with Crippen molar-refractivity contribution in [2.24, 2.45) is 5.73 Å². The Bertz CT molecular complexity index is 536.